The first-order valence-corrected chi connectivity index (χ1v) is 9.87. The van der Waals surface area contributed by atoms with Crippen LogP contribution in [0.5, 0.6) is 0 Å². The van der Waals surface area contributed by atoms with Gasteiger partial charge in [-0.15, -0.1) is 0 Å². The smallest absolute Gasteiger partial charge is 0.130 e. The summed E-state index contributed by atoms with van der Waals surface area (Å²) < 4.78 is 2.02. The summed E-state index contributed by atoms with van der Waals surface area (Å²) in [6.07, 6.45) is 2.85. The number of anilines is 2. The van der Waals surface area contributed by atoms with Gasteiger partial charge in [0.05, 0.1) is 23.1 Å². The van der Waals surface area contributed by atoms with Gasteiger partial charge in [0, 0.05) is 44.5 Å². The van der Waals surface area contributed by atoms with Crippen molar-refractivity contribution in [2.24, 2.45) is 7.05 Å². The average molecular weight is 387 g/mol. The molecule has 0 saturated heterocycles. The van der Waals surface area contributed by atoms with E-state index in [0.717, 1.165) is 53.4 Å². The molecule has 6 nitrogen and oxygen atoms in total. The zero-order valence-electron chi connectivity index (χ0n) is 17.1. The third-order valence-corrected chi connectivity index (χ3v) is 5.03. The quantitative estimate of drug-likeness (QED) is 0.481. The van der Waals surface area contributed by atoms with Crippen LogP contribution >= 0.6 is 0 Å². The molecular formula is C23H26N6. The molecule has 0 spiro atoms. The van der Waals surface area contributed by atoms with Gasteiger partial charge >= 0.3 is 0 Å². The highest BCUT2D eigenvalue weighted by molar-refractivity contribution is 5.81. The topological polar surface area (TPSA) is 58.9 Å². The molecule has 6 heteroatoms. The number of fused-ring (bicyclic) bond motifs is 1. The van der Waals surface area contributed by atoms with E-state index in [1.165, 1.54) is 5.69 Å². The zero-order valence-corrected chi connectivity index (χ0v) is 17.1. The van der Waals surface area contributed by atoms with Gasteiger partial charge in [0.15, 0.2) is 0 Å². The Balaban J connectivity index is 1.41. The maximum atomic E-state index is 4.62. The lowest BCUT2D eigenvalue weighted by Crippen LogP contribution is -2.20. The van der Waals surface area contributed by atoms with Crippen molar-refractivity contribution in [1.29, 1.82) is 0 Å². The highest BCUT2D eigenvalue weighted by atomic mass is 15.1. The van der Waals surface area contributed by atoms with Crippen LogP contribution in [-0.4, -0.2) is 39.7 Å². The van der Waals surface area contributed by atoms with Crippen LogP contribution < -0.4 is 10.2 Å². The SMILES string of the molecule is Cc1nc(NCCCN(C)c2ccccc2)cc(-c2ccc3c(c2)ncn3C)n1. The molecule has 2 aromatic carbocycles. The van der Waals surface area contributed by atoms with Gasteiger partial charge in [-0.3, -0.25) is 0 Å². The minimum absolute atomic E-state index is 0.757. The Bertz CT molecular complexity index is 1100. The van der Waals surface area contributed by atoms with Gasteiger partial charge in [-0.2, -0.15) is 0 Å². The molecule has 0 aliphatic rings. The first-order chi connectivity index (χ1) is 14.1. The highest BCUT2D eigenvalue weighted by Gasteiger charge is 2.08. The predicted molar refractivity (Wildman–Crippen MR) is 119 cm³/mol. The Labute approximate surface area is 171 Å². The summed E-state index contributed by atoms with van der Waals surface area (Å²) >= 11 is 0. The van der Waals surface area contributed by atoms with Gasteiger partial charge in [0.1, 0.15) is 11.6 Å². The molecule has 0 bridgehead atoms. The van der Waals surface area contributed by atoms with Gasteiger partial charge in [-0.1, -0.05) is 24.3 Å². The fourth-order valence-electron chi connectivity index (χ4n) is 3.45. The second kappa shape index (κ2) is 8.31. The number of aromatic nitrogens is 4. The normalized spacial score (nSPS) is 11.0. The predicted octanol–water partition coefficient (Wildman–Crippen LogP) is 4.28. The number of hydrogen-bond acceptors (Lipinski definition) is 5. The van der Waals surface area contributed by atoms with Crippen LogP contribution in [0.15, 0.2) is 60.9 Å². The molecule has 0 fully saturated rings. The molecule has 0 saturated carbocycles. The minimum atomic E-state index is 0.757. The van der Waals surface area contributed by atoms with Crippen molar-refractivity contribution >= 4 is 22.5 Å². The average Bonchev–Trinajstić information content (AvgIpc) is 3.11. The molecule has 0 amide bonds. The highest BCUT2D eigenvalue weighted by Crippen LogP contribution is 2.24. The van der Waals surface area contributed by atoms with Crippen LogP contribution in [0.25, 0.3) is 22.3 Å². The molecule has 2 heterocycles. The van der Waals surface area contributed by atoms with E-state index in [-0.39, 0.29) is 0 Å². The monoisotopic (exact) mass is 386 g/mol. The number of aryl methyl sites for hydroxylation is 2. The fourth-order valence-corrected chi connectivity index (χ4v) is 3.45. The lowest BCUT2D eigenvalue weighted by atomic mass is 10.1. The Morgan fingerprint density at radius 1 is 1.03 bits per heavy atom. The standard InChI is InChI=1S/C23H26N6/c1-17-26-20(18-10-11-22-21(14-18)25-16-29(22)3)15-23(27-17)24-12-7-13-28(2)19-8-5-4-6-9-19/h4-6,8-11,14-16H,7,12-13H2,1-3H3,(H,24,26,27). The summed E-state index contributed by atoms with van der Waals surface area (Å²) in [5, 5.41) is 3.45. The number of hydrogen-bond donors (Lipinski definition) is 1. The van der Waals surface area contributed by atoms with E-state index >= 15 is 0 Å². The second-order valence-electron chi connectivity index (χ2n) is 7.28. The van der Waals surface area contributed by atoms with Crippen molar-refractivity contribution in [3.63, 3.8) is 0 Å². The van der Waals surface area contributed by atoms with Crippen LogP contribution in [-0.2, 0) is 7.05 Å². The summed E-state index contributed by atoms with van der Waals surface area (Å²) in [5.74, 6) is 1.61. The lowest BCUT2D eigenvalue weighted by molar-refractivity contribution is 0.813. The Kier molecular flexibility index (Phi) is 5.42. The van der Waals surface area contributed by atoms with Crippen molar-refractivity contribution in [1.82, 2.24) is 19.5 Å². The molecule has 0 unspecified atom stereocenters. The first kappa shape index (κ1) is 18.9. The van der Waals surface area contributed by atoms with E-state index < -0.39 is 0 Å². The van der Waals surface area contributed by atoms with Crippen molar-refractivity contribution in [2.75, 3.05) is 30.4 Å². The van der Waals surface area contributed by atoms with Gasteiger partial charge in [-0.25, -0.2) is 15.0 Å². The summed E-state index contributed by atoms with van der Waals surface area (Å²) in [5.41, 5.74) is 5.28. The van der Waals surface area contributed by atoms with E-state index in [2.05, 4.69) is 74.7 Å². The zero-order chi connectivity index (χ0) is 20.2. The number of para-hydroxylation sites is 1. The van der Waals surface area contributed by atoms with E-state index in [0.29, 0.717) is 0 Å². The molecule has 4 aromatic rings. The molecule has 2 aromatic heterocycles. The molecule has 4 rings (SSSR count). The number of benzene rings is 2. The summed E-state index contributed by atoms with van der Waals surface area (Å²) in [6.45, 7) is 3.76. The largest absolute Gasteiger partial charge is 0.375 e. The maximum Gasteiger partial charge on any atom is 0.130 e. The van der Waals surface area contributed by atoms with Gasteiger partial charge < -0.3 is 14.8 Å². The minimum Gasteiger partial charge on any atom is -0.375 e. The summed E-state index contributed by atoms with van der Waals surface area (Å²) in [6, 6.07) is 18.7. The van der Waals surface area contributed by atoms with Gasteiger partial charge in [0.2, 0.25) is 0 Å². The molecule has 29 heavy (non-hydrogen) atoms. The van der Waals surface area contributed by atoms with E-state index in [1.807, 2.05) is 37.0 Å². The lowest BCUT2D eigenvalue weighted by Gasteiger charge is -2.19. The molecule has 148 valence electrons. The van der Waals surface area contributed by atoms with Crippen molar-refractivity contribution in [3.05, 3.63) is 66.7 Å². The number of nitrogens with one attached hydrogen (secondary N) is 1. The van der Waals surface area contributed by atoms with E-state index in [9.17, 15) is 0 Å². The van der Waals surface area contributed by atoms with Crippen molar-refractivity contribution in [2.45, 2.75) is 13.3 Å². The molecular weight excluding hydrogens is 360 g/mol. The van der Waals surface area contributed by atoms with Crippen molar-refractivity contribution < 1.29 is 0 Å². The Morgan fingerprint density at radius 3 is 2.69 bits per heavy atom. The summed E-state index contributed by atoms with van der Waals surface area (Å²) in [4.78, 5) is 15.9. The summed E-state index contributed by atoms with van der Waals surface area (Å²) in [7, 11) is 4.12. The number of nitrogens with zero attached hydrogens (tertiary/aromatic N) is 5. The van der Waals surface area contributed by atoms with Crippen LogP contribution in [0.2, 0.25) is 0 Å². The van der Waals surface area contributed by atoms with Crippen LogP contribution in [0.1, 0.15) is 12.2 Å². The number of imidazole rings is 1. The van der Waals surface area contributed by atoms with Gasteiger partial charge in [0.25, 0.3) is 0 Å². The molecule has 1 N–H and O–H groups in total. The van der Waals surface area contributed by atoms with Crippen LogP contribution in [0.4, 0.5) is 11.5 Å². The Morgan fingerprint density at radius 2 is 1.86 bits per heavy atom. The molecule has 0 aliphatic carbocycles. The fraction of sp³-hybridized carbons (Fsp3) is 0.261. The van der Waals surface area contributed by atoms with Gasteiger partial charge in [-0.05, 0) is 37.6 Å². The third kappa shape index (κ3) is 4.37. The van der Waals surface area contributed by atoms with Crippen LogP contribution in [0.3, 0.4) is 0 Å². The second-order valence-corrected chi connectivity index (χ2v) is 7.28. The first-order valence-electron chi connectivity index (χ1n) is 9.87. The molecule has 0 radical (unpaired) electrons. The van der Waals surface area contributed by atoms with E-state index in [4.69, 9.17) is 0 Å². The maximum absolute atomic E-state index is 4.62. The van der Waals surface area contributed by atoms with Crippen LogP contribution in [0, 0.1) is 6.92 Å². The third-order valence-electron chi connectivity index (χ3n) is 5.03. The Hall–Kier alpha value is -3.41. The van der Waals surface area contributed by atoms with Crippen molar-refractivity contribution in [3.8, 4) is 11.3 Å². The molecule has 0 atom stereocenters. The number of rotatable bonds is 7. The molecule has 0 aliphatic heterocycles. The van der Waals surface area contributed by atoms with E-state index in [1.54, 1.807) is 0 Å².